The molecule has 0 unspecified atom stereocenters. The minimum atomic E-state index is -4.77. The van der Waals surface area contributed by atoms with Gasteiger partial charge in [0.05, 0.1) is 0 Å². The number of ether oxygens (including phenoxy) is 2. The van der Waals surface area contributed by atoms with Crippen molar-refractivity contribution in [3.8, 4) is 22.6 Å². The van der Waals surface area contributed by atoms with Crippen LogP contribution in [-0.2, 0) is 6.61 Å². The normalized spacial score (nSPS) is 11.1. The van der Waals surface area contributed by atoms with E-state index in [4.69, 9.17) is 4.74 Å². The van der Waals surface area contributed by atoms with E-state index in [9.17, 15) is 23.1 Å². The van der Waals surface area contributed by atoms with E-state index >= 15 is 0 Å². The minimum absolute atomic E-state index is 0.0379. The molecule has 7 heteroatoms. The van der Waals surface area contributed by atoms with Crippen molar-refractivity contribution in [2.24, 2.45) is 0 Å². The number of carbonyl (C=O) groups is 1. The van der Waals surface area contributed by atoms with Gasteiger partial charge >= 0.3 is 12.3 Å². The zero-order valence-corrected chi connectivity index (χ0v) is 14.4. The quantitative estimate of drug-likeness (QED) is 0.603. The van der Waals surface area contributed by atoms with E-state index in [1.54, 1.807) is 6.07 Å². The molecule has 28 heavy (non-hydrogen) atoms. The highest BCUT2D eigenvalue weighted by molar-refractivity contribution is 5.92. The van der Waals surface area contributed by atoms with E-state index in [-0.39, 0.29) is 23.7 Å². The molecular weight excluding hydrogens is 373 g/mol. The van der Waals surface area contributed by atoms with Crippen LogP contribution in [0.4, 0.5) is 13.2 Å². The Bertz CT molecular complexity index is 952. The number of halogens is 3. The van der Waals surface area contributed by atoms with E-state index in [2.05, 4.69) is 4.74 Å². The molecule has 3 rings (SSSR count). The SMILES string of the molecule is O=C(O)c1cc(-c2ccc(OC(F)(F)F)cc2)ccc1OCc1ccccc1. The molecule has 0 bridgehead atoms. The summed E-state index contributed by atoms with van der Waals surface area (Å²) in [6.45, 7) is 0.212. The van der Waals surface area contributed by atoms with E-state index in [1.807, 2.05) is 30.3 Å². The number of carboxylic acid groups (broad SMARTS) is 1. The Morgan fingerprint density at radius 2 is 1.54 bits per heavy atom. The van der Waals surface area contributed by atoms with Crippen LogP contribution < -0.4 is 9.47 Å². The molecular formula is C21H15F3O4. The van der Waals surface area contributed by atoms with E-state index in [0.717, 1.165) is 5.56 Å². The molecule has 3 aromatic rings. The lowest BCUT2D eigenvalue weighted by Gasteiger charge is -2.12. The molecule has 0 spiro atoms. The first-order valence-electron chi connectivity index (χ1n) is 8.22. The van der Waals surface area contributed by atoms with Crippen molar-refractivity contribution in [3.63, 3.8) is 0 Å². The summed E-state index contributed by atoms with van der Waals surface area (Å²) in [7, 11) is 0. The molecule has 0 amide bonds. The highest BCUT2D eigenvalue weighted by Crippen LogP contribution is 2.30. The molecule has 4 nitrogen and oxygen atoms in total. The van der Waals surface area contributed by atoms with Crippen LogP contribution in [0.3, 0.4) is 0 Å². The van der Waals surface area contributed by atoms with Gasteiger partial charge in [-0.1, -0.05) is 48.5 Å². The van der Waals surface area contributed by atoms with E-state index < -0.39 is 12.3 Å². The van der Waals surface area contributed by atoms with Gasteiger partial charge in [-0.25, -0.2) is 4.79 Å². The number of aromatic carboxylic acids is 1. The van der Waals surface area contributed by atoms with Gasteiger partial charge in [-0.15, -0.1) is 13.2 Å². The maximum absolute atomic E-state index is 12.2. The van der Waals surface area contributed by atoms with E-state index in [0.29, 0.717) is 11.1 Å². The highest BCUT2D eigenvalue weighted by Gasteiger charge is 2.31. The lowest BCUT2D eigenvalue weighted by molar-refractivity contribution is -0.274. The molecule has 0 aromatic heterocycles. The van der Waals surface area contributed by atoms with Gasteiger partial charge in [-0.2, -0.15) is 0 Å². The van der Waals surface area contributed by atoms with Crippen molar-refractivity contribution in [3.05, 3.63) is 83.9 Å². The lowest BCUT2D eigenvalue weighted by atomic mass is 10.0. The molecule has 3 aromatic carbocycles. The van der Waals surface area contributed by atoms with Crippen molar-refractivity contribution >= 4 is 5.97 Å². The van der Waals surface area contributed by atoms with Gasteiger partial charge in [0.15, 0.2) is 0 Å². The maximum Gasteiger partial charge on any atom is 0.573 e. The molecule has 0 atom stereocenters. The summed E-state index contributed by atoms with van der Waals surface area (Å²) in [5.74, 6) is -1.31. The van der Waals surface area contributed by atoms with Crippen LogP contribution in [0.25, 0.3) is 11.1 Å². The Balaban J connectivity index is 1.81. The molecule has 0 aliphatic carbocycles. The average molecular weight is 388 g/mol. The Labute approximate surface area is 158 Å². The van der Waals surface area contributed by atoms with Crippen molar-refractivity contribution in [1.29, 1.82) is 0 Å². The standard InChI is InChI=1S/C21H15F3O4/c22-21(23,24)28-17-9-6-15(7-10-17)16-8-11-19(18(12-16)20(25)26)27-13-14-4-2-1-3-5-14/h1-12H,13H2,(H,25,26). The first kappa shape index (κ1) is 19.3. The Morgan fingerprint density at radius 1 is 0.893 bits per heavy atom. The number of hydrogen-bond donors (Lipinski definition) is 1. The summed E-state index contributed by atoms with van der Waals surface area (Å²) in [6.07, 6.45) is -4.77. The second kappa shape index (κ2) is 8.04. The van der Waals surface area contributed by atoms with Crippen LogP contribution >= 0.6 is 0 Å². The zero-order chi connectivity index (χ0) is 20.1. The fraction of sp³-hybridized carbons (Fsp3) is 0.0952. The van der Waals surface area contributed by atoms with Crippen molar-refractivity contribution in [2.45, 2.75) is 13.0 Å². The molecule has 0 aliphatic heterocycles. The number of benzene rings is 3. The lowest BCUT2D eigenvalue weighted by Crippen LogP contribution is -2.16. The third kappa shape index (κ3) is 5.03. The van der Waals surface area contributed by atoms with Gasteiger partial charge in [-0.3, -0.25) is 0 Å². The molecule has 0 aliphatic rings. The molecule has 0 heterocycles. The molecule has 1 N–H and O–H groups in total. The summed E-state index contributed by atoms with van der Waals surface area (Å²) in [4.78, 5) is 11.6. The number of alkyl halides is 3. The van der Waals surface area contributed by atoms with Crippen LogP contribution in [0.2, 0.25) is 0 Å². The van der Waals surface area contributed by atoms with Crippen LogP contribution in [0.15, 0.2) is 72.8 Å². The average Bonchev–Trinajstić information content (AvgIpc) is 2.66. The van der Waals surface area contributed by atoms with Crippen molar-refractivity contribution in [2.75, 3.05) is 0 Å². The van der Waals surface area contributed by atoms with Crippen LogP contribution in [-0.4, -0.2) is 17.4 Å². The second-order valence-electron chi connectivity index (χ2n) is 5.86. The number of carboxylic acids is 1. The van der Waals surface area contributed by atoms with Gasteiger partial charge in [0.2, 0.25) is 0 Å². The molecule has 0 saturated carbocycles. The van der Waals surface area contributed by atoms with Crippen molar-refractivity contribution < 1.29 is 32.5 Å². The maximum atomic E-state index is 12.2. The van der Waals surface area contributed by atoms with Gasteiger partial charge < -0.3 is 14.6 Å². The smallest absolute Gasteiger partial charge is 0.488 e. The van der Waals surface area contributed by atoms with Crippen LogP contribution in [0, 0.1) is 0 Å². The monoisotopic (exact) mass is 388 g/mol. The second-order valence-corrected chi connectivity index (χ2v) is 5.86. The summed E-state index contributed by atoms with van der Waals surface area (Å²) in [5, 5.41) is 9.48. The molecule has 0 radical (unpaired) electrons. The van der Waals surface area contributed by atoms with Gasteiger partial charge in [0.25, 0.3) is 0 Å². The van der Waals surface area contributed by atoms with Crippen LogP contribution in [0.5, 0.6) is 11.5 Å². The predicted octanol–water partition coefficient (Wildman–Crippen LogP) is 5.53. The molecule has 0 fully saturated rings. The Kier molecular flexibility index (Phi) is 5.54. The third-order valence-electron chi connectivity index (χ3n) is 3.87. The fourth-order valence-corrected chi connectivity index (χ4v) is 2.59. The Morgan fingerprint density at radius 3 is 2.14 bits per heavy atom. The largest absolute Gasteiger partial charge is 0.573 e. The third-order valence-corrected chi connectivity index (χ3v) is 3.87. The summed E-state index contributed by atoms with van der Waals surface area (Å²) < 4.78 is 46.2. The van der Waals surface area contributed by atoms with Crippen LogP contribution in [0.1, 0.15) is 15.9 Å². The summed E-state index contributed by atoms with van der Waals surface area (Å²) >= 11 is 0. The minimum Gasteiger partial charge on any atom is -0.488 e. The topological polar surface area (TPSA) is 55.8 Å². The number of hydrogen-bond acceptors (Lipinski definition) is 3. The van der Waals surface area contributed by atoms with Crippen molar-refractivity contribution in [1.82, 2.24) is 0 Å². The molecule has 0 saturated heterocycles. The summed E-state index contributed by atoms with van der Waals surface area (Å²) in [6, 6.07) is 19.1. The van der Waals surface area contributed by atoms with Gasteiger partial charge in [0.1, 0.15) is 23.7 Å². The zero-order valence-electron chi connectivity index (χ0n) is 14.4. The predicted molar refractivity (Wildman–Crippen MR) is 96.3 cm³/mol. The molecule has 144 valence electrons. The first-order chi connectivity index (χ1) is 13.3. The fourth-order valence-electron chi connectivity index (χ4n) is 2.59. The first-order valence-corrected chi connectivity index (χ1v) is 8.22. The van der Waals surface area contributed by atoms with Gasteiger partial charge in [0, 0.05) is 0 Å². The summed E-state index contributed by atoms with van der Waals surface area (Å²) in [5.41, 5.74) is 1.93. The highest BCUT2D eigenvalue weighted by atomic mass is 19.4. The van der Waals surface area contributed by atoms with E-state index in [1.165, 1.54) is 36.4 Å². The Hall–Kier alpha value is -3.48. The van der Waals surface area contributed by atoms with Gasteiger partial charge in [-0.05, 0) is 41.0 Å². The number of rotatable bonds is 6.